The van der Waals surface area contributed by atoms with Crippen LogP contribution in [0.2, 0.25) is 5.02 Å². The van der Waals surface area contributed by atoms with Crippen molar-refractivity contribution in [2.24, 2.45) is 11.0 Å². The smallest absolute Gasteiger partial charge is 0.0724 e. The van der Waals surface area contributed by atoms with Gasteiger partial charge in [0.2, 0.25) is 0 Å². The number of halogens is 1. The molecular formula is C13H14ClN3. The van der Waals surface area contributed by atoms with Crippen molar-refractivity contribution in [2.75, 3.05) is 6.54 Å². The van der Waals surface area contributed by atoms with Gasteiger partial charge in [-0.25, -0.2) is 0 Å². The van der Waals surface area contributed by atoms with Gasteiger partial charge in [-0.1, -0.05) is 23.7 Å². The van der Waals surface area contributed by atoms with Crippen molar-refractivity contribution in [3.63, 3.8) is 0 Å². The third kappa shape index (κ3) is 2.98. The highest BCUT2D eigenvalue weighted by Crippen LogP contribution is 2.20. The first kappa shape index (κ1) is 11.9. The molecule has 1 unspecified atom stereocenters. The SMILES string of the molecule is N#CCCCC1CNN=C1c1ccc(Cl)cc1. The number of hydrogen-bond acceptors (Lipinski definition) is 3. The number of nitriles is 1. The molecule has 1 N–H and O–H groups in total. The minimum absolute atomic E-state index is 0.407. The number of hydrogen-bond donors (Lipinski definition) is 1. The fraction of sp³-hybridized carbons (Fsp3) is 0.385. The molecule has 1 aromatic rings. The monoisotopic (exact) mass is 247 g/mol. The topological polar surface area (TPSA) is 48.2 Å². The molecule has 0 bridgehead atoms. The second-order valence-corrected chi connectivity index (χ2v) is 4.55. The maximum Gasteiger partial charge on any atom is 0.0724 e. The lowest BCUT2D eigenvalue weighted by Gasteiger charge is -2.10. The van der Waals surface area contributed by atoms with E-state index in [9.17, 15) is 0 Å². The molecule has 4 heteroatoms. The molecule has 88 valence electrons. The minimum Gasteiger partial charge on any atom is -0.309 e. The molecule has 0 aliphatic carbocycles. The molecule has 17 heavy (non-hydrogen) atoms. The predicted molar refractivity (Wildman–Crippen MR) is 68.9 cm³/mol. The fourth-order valence-electron chi connectivity index (χ4n) is 2.02. The number of nitrogens with one attached hydrogen (secondary N) is 1. The molecule has 3 nitrogen and oxygen atoms in total. The Bertz CT molecular complexity index is 445. The lowest BCUT2D eigenvalue weighted by Crippen LogP contribution is -2.16. The molecule has 1 heterocycles. The number of unbranched alkanes of at least 4 members (excludes halogenated alkanes) is 1. The van der Waals surface area contributed by atoms with E-state index in [0.29, 0.717) is 12.3 Å². The highest BCUT2D eigenvalue weighted by Gasteiger charge is 2.21. The summed E-state index contributed by atoms with van der Waals surface area (Å²) in [6, 6.07) is 9.92. The van der Waals surface area contributed by atoms with E-state index in [1.54, 1.807) is 0 Å². The third-order valence-corrected chi connectivity index (χ3v) is 3.16. The van der Waals surface area contributed by atoms with E-state index in [2.05, 4.69) is 16.6 Å². The zero-order valence-electron chi connectivity index (χ0n) is 9.49. The zero-order chi connectivity index (χ0) is 12.1. The Kier molecular flexibility index (Phi) is 4.00. The van der Waals surface area contributed by atoms with E-state index in [1.807, 2.05) is 24.3 Å². The van der Waals surface area contributed by atoms with E-state index < -0.39 is 0 Å². The van der Waals surface area contributed by atoms with Crippen LogP contribution in [-0.2, 0) is 0 Å². The fourth-order valence-corrected chi connectivity index (χ4v) is 2.14. The van der Waals surface area contributed by atoms with Gasteiger partial charge in [0.15, 0.2) is 0 Å². The van der Waals surface area contributed by atoms with Gasteiger partial charge in [-0.15, -0.1) is 0 Å². The van der Waals surface area contributed by atoms with Crippen LogP contribution in [0.25, 0.3) is 0 Å². The van der Waals surface area contributed by atoms with Gasteiger partial charge in [0.1, 0.15) is 0 Å². The van der Waals surface area contributed by atoms with Crippen molar-refractivity contribution in [3.8, 4) is 6.07 Å². The third-order valence-electron chi connectivity index (χ3n) is 2.91. The number of rotatable bonds is 4. The molecule has 1 atom stereocenters. The second kappa shape index (κ2) is 5.70. The molecular weight excluding hydrogens is 234 g/mol. The van der Waals surface area contributed by atoms with Crippen molar-refractivity contribution in [1.82, 2.24) is 5.43 Å². The first-order valence-corrected chi connectivity index (χ1v) is 6.12. The molecule has 0 spiro atoms. The molecule has 2 rings (SSSR count). The standard InChI is InChI=1S/C13H14ClN3/c14-12-6-4-10(5-7-12)13-11(9-16-17-13)3-1-2-8-15/h4-7,11,16H,1-3,9H2. The highest BCUT2D eigenvalue weighted by molar-refractivity contribution is 6.30. The maximum atomic E-state index is 8.54. The minimum atomic E-state index is 0.407. The summed E-state index contributed by atoms with van der Waals surface area (Å²) < 4.78 is 0. The summed E-state index contributed by atoms with van der Waals surface area (Å²) in [7, 11) is 0. The normalized spacial score (nSPS) is 18.4. The molecule has 1 aliphatic heterocycles. The van der Waals surface area contributed by atoms with Crippen molar-refractivity contribution >= 4 is 17.3 Å². The Morgan fingerprint density at radius 3 is 2.88 bits per heavy atom. The molecule has 0 saturated heterocycles. The van der Waals surface area contributed by atoms with Crippen LogP contribution in [0.3, 0.4) is 0 Å². The molecule has 1 aliphatic rings. The van der Waals surface area contributed by atoms with Crippen molar-refractivity contribution in [3.05, 3.63) is 34.9 Å². The Labute approximate surface area is 106 Å². The molecule has 0 saturated carbocycles. The molecule has 1 aromatic carbocycles. The largest absolute Gasteiger partial charge is 0.309 e. The van der Waals surface area contributed by atoms with Gasteiger partial charge in [0.25, 0.3) is 0 Å². The number of hydrazone groups is 1. The summed E-state index contributed by atoms with van der Waals surface area (Å²) in [5, 5.41) is 13.6. The van der Waals surface area contributed by atoms with E-state index >= 15 is 0 Å². The molecule has 0 aromatic heterocycles. The summed E-state index contributed by atoms with van der Waals surface area (Å²) in [6.07, 6.45) is 2.54. The van der Waals surface area contributed by atoms with Crippen LogP contribution >= 0.6 is 11.6 Å². The highest BCUT2D eigenvalue weighted by atomic mass is 35.5. The van der Waals surface area contributed by atoms with Crippen LogP contribution in [0, 0.1) is 17.2 Å². The van der Waals surface area contributed by atoms with Crippen LogP contribution < -0.4 is 5.43 Å². The lowest BCUT2D eigenvalue weighted by molar-refractivity contribution is 0.588. The first-order chi connectivity index (χ1) is 8.31. The van der Waals surface area contributed by atoms with Crippen LogP contribution in [0.4, 0.5) is 0 Å². The van der Waals surface area contributed by atoms with Crippen molar-refractivity contribution < 1.29 is 0 Å². The number of benzene rings is 1. The van der Waals surface area contributed by atoms with Crippen molar-refractivity contribution in [2.45, 2.75) is 19.3 Å². The van der Waals surface area contributed by atoms with Crippen LogP contribution in [-0.4, -0.2) is 12.3 Å². The van der Waals surface area contributed by atoms with Gasteiger partial charge in [-0.2, -0.15) is 10.4 Å². The average molecular weight is 248 g/mol. The first-order valence-electron chi connectivity index (χ1n) is 5.74. The summed E-state index contributed by atoms with van der Waals surface area (Å²) in [5.41, 5.74) is 5.23. The summed E-state index contributed by atoms with van der Waals surface area (Å²) >= 11 is 5.87. The van der Waals surface area contributed by atoms with Crippen molar-refractivity contribution in [1.29, 1.82) is 5.26 Å². The summed E-state index contributed by atoms with van der Waals surface area (Å²) in [5.74, 6) is 0.407. The second-order valence-electron chi connectivity index (χ2n) is 4.11. The lowest BCUT2D eigenvalue weighted by atomic mass is 9.93. The van der Waals surface area contributed by atoms with E-state index in [-0.39, 0.29) is 0 Å². The molecule has 0 fully saturated rings. The summed E-state index contributed by atoms with van der Waals surface area (Å²) in [4.78, 5) is 0. The number of nitrogens with zero attached hydrogens (tertiary/aromatic N) is 2. The van der Waals surface area contributed by atoms with Gasteiger partial charge in [-0.3, -0.25) is 0 Å². The van der Waals surface area contributed by atoms with Crippen LogP contribution in [0.15, 0.2) is 29.4 Å². The Balaban J connectivity index is 2.04. The maximum absolute atomic E-state index is 8.54. The predicted octanol–water partition coefficient (Wildman–Crippen LogP) is 2.96. The van der Waals surface area contributed by atoms with E-state index in [0.717, 1.165) is 35.7 Å². The Morgan fingerprint density at radius 2 is 2.18 bits per heavy atom. The van der Waals surface area contributed by atoms with E-state index in [1.165, 1.54) is 0 Å². The Morgan fingerprint density at radius 1 is 1.41 bits per heavy atom. The molecule has 0 amide bonds. The van der Waals surface area contributed by atoms with Gasteiger partial charge < -0.3 is 5.43 Å². The van der Waals surface area contributed by atoms with Gasteiger partial charge in [0, 0.05) is 23.9 Å². The van der Waals surface area contributed by atoms with Gasteiger partial charge in [0.05, 0.1) is 11.8 Å². The average Bonchev–Trinajstić information content (AvgIpc) is 2.79. The van der Waals surface area contributed by atoms with Crippen LogP contribution in [0.5, 0.6) is 0 Å². The van der Waals surface area contributed by atoms with Gasteiger partial charge in [-0.05, 0) is 30.5 Å². The van der Waals surface area contributed by atoms with E-state index in [4.69, 9.17) is 16.9 Å². The molecule has 0 radical (unpaired) electrons. The zero-order valence-corrected chi connectivity index (χ0v) is 10.2. The summed E-state index contributed by atoms with van der Waals surface area (Å²) in [6.45, 7) is 0.864. The Hall–Kier alpha value is -1.53. The van der Waals surface area contributed by atoms with Crippen LogP contribution in [0.1, 0.15) is 24.8 Å². The quantitative estimate of drug-likeness (QED) is 0.832. The van der Waals surface area contributed by atoms with Gasteiger partial charge >= 0.3 is 0 Å².